The molecule has 4 aromatic rings. The SMILES string of the molecule is Cc1ccc(N=Nc2c(C)cc3cc(C)cc(Nc4nc(=O)[nH]c(=O)[nH]4)c3c2O)cc1. The Labute approximate surface area is 176 Å². The van der Waals surface area contributed by atoms with Crippen molar-refractivity contribution in [2.75, 3.05) is 5.32 Å². The molecule has 9 heteroatoms. The number of nitrogens with zero attached hydrogens (tertiary/aromatic N) is 3. The second kappa shape index (κ2) is 7.86. The minimum absolute atomic E-state index is 0.0385. The number of H-pyrrole nitrogens is 2. The number of rotatable bonds is 4. The zero-order valence-electron chi connectivity index (χ0n) is 17.1. The Morgan fingerprint density at radius 3 is 2.39 bits per heavy atom. The van der Waals surface area contributed by atoms with E-state index in [1.165, 1.54) is 0 Å². The topological polar surface area (TPSA) is 136 Å². The van der Waals surface area contributed by atoms with Gasteiger partial charge in [-0.1, -0.05) is 23.8 Å². The first kappa shape index (κ1) is 20.0. The minimum Gasteiger partial charge on any atom is -0.505 e. The number of fused-ring (bicyclic) bond motifs is 1. The molecule has 4 rings (SSSR count). The molecule has 0 amide bonds. The van der Waals surface area contributed by atoms with E-state index in [1.807, 2.05) is 62.2 Å². The van der Waals surface area contributed by atoms with Crippen molar-refractivity contribution in [2.45, 2.75) is 20.8 Å². The van der Waals surface area contributed by atoms with Crippen molar-refractivity contribution < 1.29 is 5.11 Å². The van der Waals surface area contributed by atoms with Crippen molar-refractivity contribution in [1.29, 1.82) is 0 Å². The lowest BCUT2D eigenvalue weighted by atomic mass is 10.0. The van der Waals surface area contributed by atoms with Crippen LogP contribution >= 0.6 is 0 Å². The quantitative estimate of drug-likeness (QED) is 0.366. The molecule has 0 saturated heterocycles. The molecule has 9 nitrogen and oxygen atoms in total. The van der Waals surface area contributed by atoms with Crippen molar-refractivity contribution >= 4 is 33.8 Å². The first-order valence-electron chi connectivity index (χ1n) is 9.53. The number of aromatic hydroxyl groups is 1. The lowest BCUT2D eigenvalue weighted by Gasteiger charge is -2.14. The summed E-state index contributed by atoms with van der Waals surface area (Å²) in [7, 11) is 0. The largest absolute Gasteiger partial charge is 0.505 e. The van der Waals surface area contributed by atoms with Crippen LogP contribution in [0.15, 0.2) is 62.3 Å². The molecule has 1 aromatic heterocycles. The first-order chi connectivity index (χ1) is 14.8. The third-order valence-electron chi connectivity index (χ3n) is 4.74. The van der Waals surface area contributed by atoms with Crippen LogP contribution in [0.5, 0.6) is 5.75 Å². The Hall–Kier alpha value is -4.27. The molecular formula is C22H20N6O3. The summed E-state index contributed by atoms with van der Waals surface area (Å²) < 4.78 is 0. The van der Waals surface area contributed by atoms with Crippen molar-refractivity contribution in [3.8, 4) is 5.75 Å². The van der Waals surface area contributed by atoms with Crippen LogP contribution < -0.4 is 16.7 Å². The molecule has 0 fully saturated rings. The van der Waals surface area contributed by atoms with Gasteiger partial charge in [0.25, 0.3) is 0 Å². The number of hydrogen-bond acceptors (Lipinski definition) is 7. The van der Waals surface area contributed by atoms with E-state index in [1.54, 1.807) is 6.07 Å². The monoisotopic (exact) mass is 416 g/mol. The fourth-order valence-electron chi connectivity index (χ4n) is 3.32. The van der Waals surface area contributed by atoms with E-state index < -0.39 is 11.4 Å². The zero-order chi connectivity index (χ0) is 22.1. The van der Waals surface area contributed by atoms with Gasteiger partial charge in [-0.15, -0.1) is 5.11 Å². The summed E-state index contributed by atoms with van der Waals surface area (Å²) in [5, 5.41) is 23.7. The molecule has 0 bridgehead atoms. The average molecular weight is 416 g/mol. The molecule has 0 unspecified atom stereocenters. The van der Waals surface area contributed by atoms with Crippen molar-refractivity contribution in [3.05, 3.63) is 80.1 Å². The number of phenolic OH excluding ortho intramolecular Hbond substituents is 1. The van der Waals surface area contributed by atoms with Gasteiger partial charge in [-0.05, 0) is 61.5 Å². The van der Waals surface area contributed by atoms with Crippen molar-refractivity contribution in [3.63, 3.8) is 0 Å². The fraction of sp³-hybridized carbons (Fsp3) is 0.136. The third-order valence-corrected chi connectivity index (χ3v) is 4.74. The summed E-state index contributed by atoms with van der Waals surface area (Å²) in [6.45, 7) is 5.73. The highest BCUT2D eigenvalue weighted by Gasteiger charge is 2.15. The lowest BCUT2D eigenvalue weighted by Crippen LogP contribution is -2.25. The number of aromatic nitrogens is 3. The molecule has 0 spiro atoms. The van der Waals surface area contributed by atoms with E-state index in [2.05, 4.69) is 25.5 Å². The van der Waals surface area contributed by atoms with Crippen LogP contribution in [0.25, 0.3) is 10.8 Å². The highest BCUT2D eigenvalue weighted by molar-refractivity contribution is 6.03. The predicted molar refractivity (Wildman–Crippen MR) is 119 cm³/mol. The van der Waals surface area contributed by atoms with E-state index in [0.717, 1.165) is 22.1 Å². The Morgan fingerprint density at radius 1 is 0.935 bits per heavy atom. The Balaban J connectivity index is 1.85. The van der Waals surface area contributed by atoms with Gasteiger partial charge in [0.1, 0.15) is 5.69 Å². The Bertz CT molecular complexity index is 1410. The average Bonchev–Trinajstić information content (AvgIpc) is 2.67. The molecule has 0 atom stereocenters. The van der Waals surface area contributed by atoms with E-state index in [9.17, 15) is 14.7 Å². The molecule has 1 heterocycles. The number of benzene rings is 3. The van der Waals surface area contributed by atoms with E-state index in [-0.39, 0.29) is 11.7 Å². The number of anilines is 2. The molecule has 0 saturated carbocycles. The van der Waals surface area contributed by atoms with Crippen LogP contribution in [0.3, 0.4) is 0 Å². The second-order valence-corrected chi connectivity index (χ2v) is 7.31. The summed E-state index contributed by atoms with van der Waals surface area (Å²) in [5.74, 6) is -0.107. The minimum atomic E-state index is -0.782. The molecule has 4 N–H and O–H groups in total. The molecule has 156 valence electrons. The standard InChI is InChI=1S/C22H20N6O3/c1-11-4-6-15(7-5-11)27-28-18-13(3)10-14-8-12(2)9-16(17(14)19(18)29)23-20-24-21(30)26-22(31)25-20/h4-10,29H,1-3H3,(H3,23,24,25,26,30,31). The molecular weight excluding hydrogens is 396 g/mol. The number of nitrogens with one attached hydrogen (secondary N) is 3. The maximum atomic E-state index is 11.6. The first-order valence-corrected chi connectivity index (χ1v) is 9.53. The molecule has 0 aliphatic heterocycles. The van der Waals surface area contributed by atoms with Gasteiger partial charge in [-0.25, -0.2) is 9.59 Å². The smallest absolute Gasteiger partial charge is 0.352 e. The van der Waals surface area contributed by atoms with E-state index in [0.29, 0.717) is 22.4 Å². The van der Waals surface area contributed by atoms with Crippen LogP contribution in [-0.4, -0.2) is 20.1 Å². The van der Waals surface area contributed by atoms with Gasteiger partial charge in [0.15, 0.2) is 5.75 Å². The third kappa shape index (κ3) is 4.20. The van der Waals surface area contributed by atoms with Gasteiger partial charge >= 0.3 is 11.4 Å². The fourth-order valence-corrected chi connectivity index (χ4v) is 3.32. The number of aryl methyl sites for hydroxylation is 3. The summed E-state index contributed by atoms with van der Waals surface area (Å²) in [5.41, 5.74) is 2.76. The van der Waals surface area contributed by atoms with Crippen LogP contribution in [0.2, 0.25) is 0 Å². The molecule has 0 aliphatic carbocycles. The number of phenols is 1. The highest BCUT2D eigenvalue weighted by atomic mass is 16.3. The normalized spacial score (nSPS) is 11.3. The zero-order valence-corrected chi connectivity index (χ0v) is 17.1. The molecule has 0 radical (unpaired) electrons. The molecule has 3 aromatic carbocycles. The van der Waals surface area contributed by atoms with Gasteiger partial charge in [-0.3, -0.25) is 9.97 Å². The summed E-state index contributed by atoms with van der Waals surface area (Å²) in [4.78, 5) is 31.3. The number of hydrogen-bond donors (Lipinski definition) is 4. The lowest BCUT2D eigenvalue weighted by molar-refractivity contribution is 0.482. The molecule has 0 aliphatic rings. The number of aromatic amines is 2. The maximum Gasteiger partial charge on any atom is 0.352 e. The summed E-state index contributed by atoms with van der Waals surface area (Å²) in [6.07, 6.45) is 0. The van der Waals surface area contributed by atoms with Crippen LogP contribution in [-0.2, 0) is 0 Å². The van der Waals surface area contributed by atoms with Gasteiger partial charge in [0.2, 0.25) is 5.95 Å². The van der Waals surface area contributed by atoms with Gasteiger partial charge in [0, 0.05) is 5.39 Å². The van der Waals surface area contributed by atoms with Crippen molar-refractivity contribution in [2.24, 2.45) is 10.2 Å². The van der Waals surface area contributed by atoms with Gasteiger partial charge in [-0.2, -0.15) is 10.1 Å². The van der Waals surface area contributed by atoms with E-state index in [4.69, 9.17) is 0 Å². The van der Waals surface area contributed by atoms with Gasteiger partial charge < -0.3 is 10.4 Å². The highest BCUT2D eigenvalue weighted by Crippen LogP contribution is 2.43. The van der Waals surface area contributed by atoms with E-state index >= 15 is 0 Å². The molecule has 31 heavy (non-hydrogen) atoms. The number of azo groups is 1. The van der Waals surface area contributed by atoms with Crippen LogP contribution in [0, 0.1) is 20.8 Å². The van der Waals surface area contributed by atoms with Crippen molar-refractivity contribution in [1.82, 2.24) is 15.0 Å². The summed E-state index contributed by atoms with van der Waals surface area (Å²) in [6, 6.07) is 13.1. The van der Waals surface area contributed by atoms with Crippen LogP contribution in [0.1, 0.15) is 16.7 Å². The Morgan fingerprint density at radius 2 is 1.68 bits per heavy atom. The van der Waals surface area contributed by atoms with Crippen LogP contribution in [0.4, 0.5) is 23.0 Å². The van der Waals surface area contributed by atoms with Gasteiger partial charge in [0.05, 0.1) is 11.4 Å². The Kier molecular flexibility index (Phi) is 5.08. The summed E-state index contributed by atoms with van der Waals surface area (Å²) >= 11 is 0. The second-order valence-electron chi connectivity index (χ2n) is 7.31. The maximum absolute atomic E-state index is 11.6. The predicted octanol–water partition coefficient (Wildman–Crippen LogP) is 4.40.